The van der Waals surface area contributed by atoms with E-state index in [2.05, 4.69) is 0 Å². The van der Waals surface area contributed by atoms with Crippen LogP contribution < -0.4 is 8.92 Å². The summed E-state index contributed by atoms with van der Waals surface area (Å²) in [6, 6.07) is 13.8. The molecule has 1 aliphatic rings. The minimum Gasteiger partial charge on any atom is -0.496 e. The van der Waals surface area contributed by atoms with Crippen LogP contribution in [0.25, 0.3) is 0 Å². The number of ether oxygens (including phenoxy) is 2. The predicted octanol–water partition coefficient (Wildman–Crippen LogP) is 2.86. The molecule has 0 saturated carbocycles. The predicted molar refractivity (Wildman–Crippen MR) is 109 cm³/mol. The lowest BCUT2D eigenvalue weighted by Gasteiger charge is -2.26. The van der Waals surface area contributed by atoms with Crippen LogP contribution in [-0.4, -0.2) is 51.8 Å². The number of hydrogen-bond donors (Lipinski definition) is 0. The maximum atomic E-state index is 13.3. The Morgan fingerprint density at radius 1 is 1.17 bits per heavy atom. The molecule has 0 aromatic heterocycles. The standard InChI is InChI=1S/C21H25NO6S/c1-26-20-8-4-3-7-19(20)21(23)22(15-18-6-5-13-27-18)14-16-9-11-17(12-10-16)28-29(2,24)25/h3-4,7-12,18H,5-6,13-15H2,1-2H3. The van der Waals surface area contributed by atoms with Crippen LogP contribution in [0.3, 0.4) is 0 Å². The Labute approximate surface area is 171 Å². The number of rotatable bonds is 8. The van der Waals surface area contributed by atoms with Crippen LogP contribution >= 0.6 is 0 Å². The van der Waals surface area contributed by atoms with Crippen molar-refractivity contribution < 1.29 is 26.9 Å². The molecular formula is C21H25NO6S. The Hall–Kier alpha value is -2.58. The number of hydrogen-bond acceptors (Lipinski definition) is 6. The molecule has 0 spiro atoms. The zero-order valence-electron chi connectivity index (χ0n) is 16.5. The lowest BCUT2D eigenvalue weighted by molar-refractivity contribution is 0.0505. The molecule has 1 fully saturated rings. The fourth-order valence-corrected chi connectivity index (χ4v) is 3.75. The molecule has 1 amide bonds. The minimum atomic E-state index is -3.58. The van der Waals surface area contributed by atoms with Gasteiger partial charge in [-0.05, 0) is 42.7 Å². The van der Waals surface area contributed by atoms with Gasteiger partial charge in [0.2, 0.25) is 0 Å². The third-order valence-corrected chi connectivity index (χ3v) is 5.11. The summed E-state index contributed by atoms with van der Waals surface area (Å²) in [6.45, 7) is 1.53. The van der Waals surface area contributed by atoms with Crippen molar-refractivity contribution >= 4 is 16.0 Å². The summed E-state index contributed by atoms with van der Waals surface area (Å²) in [5.41, 5.74) is 1.34. The quantitative estimate of drug-likeness (QED) is 0.612. The average molecular weight is 419 g/mol. The van der Waals surface area contributed by atoms with Crippen LogP contribution in [0.2, 0.25) is 0 Å². The van der Waals surface area contributed by atoms with Crippen molar-refractivity contribution in [2.45, 2.75) is 25.5 Å². The zero-order valence-corrected chi connectivity index (χ0v) is 17.4. The van der Waals surface area contributed by atoms with E-state index in [9.17, 15) is 13.2 Å². The maximum absolute atomic E-state index is 13.3. The SMILES string of the molecule is COc1ccccc1C(=O)N(Cc1ccc(OS(C)(=O)=O)cc1)CC1CCCO1. The highest BCUT2D eigenvalue weighted by atomic mass is 32.2. The van der Waals surface area contributed by atoms with E-state index >= 15 is 0 Å². The first-order chi connectivity index (χ1) is 13.9. The number of amides is 1. The molecule has 2 aromatic carbocycles. The van der Waals surface area contributed by atoms with Crippen LogP contribution in [0.4, 0.5) is 0 Å². The fourth-order valence-electron chi connectivity index (χ4n) is 3.29. The first kappa shape index (κ1) is 21.1. The number of carbonyl (C=O) groups is 1. The van der Waals surface area contributed by atoms with Gasteiger partial charge in [-0.1, -0.05) is 24.3 Å². The number of carbonyl (C=O) groups excluding carboxylic acids is 1. The van der Waals surface area contributed by atoms with Gasteiger partial charge in [0.25, 0.3) is 5.91 Å². The second-order valence-corrected chi connectivity index (χ2v) is 8.53. The highest BCUT2D eigenvalue weighted by molar-refractivity contribution is 7.86. The summed E-state index contributed by atoms with van der Waals surface area (Å²) in [7, 11) is -2.04. The van der Waals surface area contributed by atoms with Gasteiger partial charge in [0.15, 0.2) is 0 Å². The van der Waals surface area contributed by atoms with E-state index in [-0.39, 0.29) is 17.8 Å². The Morgan fingerprint density at radius 3 is 2.52 bits per heavy atom. The first-order valence-electron chi connectivity index (χ1n) is 9.38. The number of methoxy groups -OCH3 is 1. The molecule has 0 bridgehead atoms. The highest BCUT2D eigenvalue weighted by Crippen LogP contribution is 2.23. The molecule has 1 saturated heterocycles. The topological polar surface area (TPSA) is 82.1 Å². The van der Waals surface area contributed by atoms with Gasteiger partial charge in [0, 0.05) is 19.7 Å². The van der Waals surface area contributed by atoms with Crippen LogP contribution in [0, 0.1) is 0 Å². The zero-order chi connectivity index (χ0) is 20.9. The lowest BCUT2D eigenvalue weighted by atomic mass is 10.1. The maximum Gasteiger partial charge on any atom is 0.306 e. The fraction of sp³-hybridized carbons (Fsp3) is 0.381. The molecule has 2 aromatic rings. The van der Waals surface area contributed by atoms with Crippen molar-refractivity contribution in [3.05, 3.63) is 59.7 Å². The lowest BCUT2D eigenvalue weighted by Crippen LogP contribution is -2.37. The molecule has 0 N–H and O–H groups in total. The van der Waals surface area contributed by atoms with Crippen molar-refractivity contribution in [3.63, 3.8) is 0 Å². The van der Waals surface area contributed by atoms with Crippen LogP contribution in [0.5, 0.6) is 11.5 Å². The molecule has 1 heterocycles. The Morgan fingerprint density at radius 2 is 1.90 bits per heavy atom. The van der Waals surface area contributed by atoms with Crippen LogP contribution in [0.15, 0.2) is 48.5 Å². The molecular weight excluding hydrogens is 394 g/mol. The first-order valence-corrected chi connectivity index (χ1v) is 11.2. The van der Waals surface area contributed by atoms with E-state index in [0.29, 0.717) is 31.0 Å². The van der Waals surface area contributed by atoms with Crippen LogP contribution in [0.1, 0.15) is 28.8 Å². The Bertz CT molecular complexity index is 936. The number of para-hydroxylation sites is 1. The van der Waals surface area contributed by atoms with Gasteiger partial charge in [-0.15, -0.1) is 0 Å². The second kappa shape index (κ2) is 9.28. The summed E-state index contributed by atoms with van der Waals surface area (Å²) >= 11 is 0. The highest BCUT2D eigenvalue weighted by Gasteiger charge is 2.25. The summed E-state index contributed by atoms with van der Waals surface area (Å²) in [5, 5.41) is 0. The van der Waals surface area contributed by atoms with Crippen molar-refractivity contribution in [2.24, 2.45) is 0 Å². The molecule has 0 radical (unpaired) electrons. The van der Waals surface area contributed by atoms with Gasteiger partial charge in [0.05, 0.1) is 25.0 Å². The van der Waals surface area contributed by atoms with E-state index in [1.165, 1.54) is 7.11 Å². The van der Waals surface area contributed by atoms with Gasteiger partial charge in [-0.2, -0.15) is 8.42 Å². The van der Waals surface area contributed by atoms with E-state index in [0.717, 1.165) is 24.7 Å². The molecule has 1 unspecified atom stereocenters. The Kier molecular flexibility index (Phi) is 6.76. The summed E-state index contributed by atoms with van der Waals surface area (Å²) in [6.07, 6.45) is 2.90. The van der Waals surface area contributed by atoms with E-state index in [4.69, 9.17) is 13.7 Å². The van der Waals surface area contributed by atoms with Crippen LogP contribution in [-0.2, 0) is 21.4 Å². The molecule has 1 aliphatic heterocycles. The summed E-state index contributed by atoms with van der Waals surface area (Å²) < 4.78 is 38.5. The van der Waals surface area contributed by atoms with Gasteiger partial charge in [-0.3, -0.25) is 4.79 Å². The molecule has 29 heavy (non-hydrogen) atoms. The van der Waals surface area contributed by atoms with Gasteiger partial charge < -0.3 is 18.6 Å². The molecule has 156 valence electrons. The van der Waals surface area contributed by atoms with Crippen molar-refractivity contribution in [3.8, 4) is 11.5 Å². The van der Waals surface area contributed by atoms with Gasteiger partial charge in [-0.25, -0.2) is 0 Å². The second-order valence-electron chi connectivity index (χ2n) is 6.95. The molecule has 3 rings (SSSR count). The normalized spacial score (nSPS) is 16.4. The third-order valence-electron chi connectivity index (χ3n) is 4.62. The third kappa shape index (κ3) is 5.95. The molecule has 8 heteroatoms. The van der Waals surface area contributed by atoms with Crippen molar-refractivity contribution in [1.29, 1.82) is 0 Å². The summed E-state index contributed by atoms with van der Waals surface area (Å²) in [4.78, 5) is 15.0. The van der Waals surface area contributed by atoms with E-state index < -0.39 is 10.1 Å². The smallest absolute Gasteiger partial charge is 0.306 e. The van der Waals surface area contributed by atoms with Gasteiger partial charge in [0.1, 0.15) is 11.5 Å². The molecule has 7 nitrogen and oxygen atoms in total. The average Bonchev–Trinajstić information content (AvgIpc) is 3.20. The number of benzene rings is 2. The van der Waals surface area contributed by atoms with Crippen molar-refractivity contribution in [1.82, 2.24) is 4.90 Å². The molecule has 1 atom stereocenters. The van der Waals surface area contributed by atoms with Gasteiger partial charge >= 0.3 is 10.1 Å². The molecule has 0 aliphatic carbocycles. The monoisotopic (exact) mass is 419 g/mol. The minimum absolute atomic E-state index is 0.00139. The largest absolute Gasteiger partial charge is 0.496 e. The van der Waals surface area contributed by atoms with Crippen molar-refractivity contribution in [2.75, 3.05) is 26.5 Å². The summed E-state index contributed by atoms with van der Waals surface area (Å²) in [5.74, 6) is 0.610. The Balaban J connectivity index is 1.80. The number of nitrogens with zero attached hydrogens (tertiary/aromatic N) is 1. The van der Waals surface area contributed by atoms with E-state index in [1.54, 1.807) is 47.4 Å². The van der Waals surface area contributed by atoms with E-state index in [1.807, 2.05) is 6.07 Å².